The minimum atomic E-state index is -0.505. The Morgan fingerprint density at radius 3 is 2.55 bits per heavy atom. The van der Waals surface area contributed by atoms with Crippen LogP contribution in [0, 0.1) is 24.0 Å². The van der Waals surface area contributed by atoms with Gasteiger partial charge in [-0.2, -0.15) is 0 Å². The molecule has 0 aliphatic rings. The number of halogens is 1. The van der Waals surface area contributed by atoms with Crippen LogP contribution in [0.5, 0.6) is 0 Å². The Balaban J connectivity index is 2.37. The third kappa shape index (κ3) is 2.88. The van der Waals surface area contributed by atoms with Crippen LogP contribution in [0.15, 0.2) is 30.3 Å². The molecule has 0 radical (unpaired) electrons. The fourth-order valence-electron chi connectivity index (χ4n) is 1.91. The predicted octanol–water partition coefficient (Wildman–Crippen LogP) is 3.87. The fourth-order valence-corrected chi connectivity index (χ4v) is 2.21. The second-order valence-electron chi connectivity index (χ2n) is 4.43. The van der Waals surface area contributed by atoms with Gasteiger partial charge in [-0.1, -0.05) is 41.9 Å². The molecule has 0 atom stereocenters. The Morgan fingerprint density at radius 1 is 1.30 bits per heavy atom. The zero-order valence-electron chi connectivity index (χ0n) is 11.2. The molecule has 2 rings (SSSR count). The van der Waals surface area contributed by atoms with Crippen molar-refractivity contribution in [2.75, 3.05) is 5.32 Å². The maximum atomic E-state index is 11.2. The van der Waals surface area contributed by atoms with Crippen molar-refractivity contribution >= 4 is 23.0 Å². The lowest BCUT2D eigenvalue weighted by Crippen LogP contribution is -2.07. The van der Waals surface area contributed by atoms with E-state index in [1.807, 2.05) is 30.3 Å². The fraction of sp³-hybridized carbons (Fsp3) is 0.214. The number of aryl methyl sites for hydroxylation is 1. The van der Waals surface area contributed by atoms with Crippen molar-refractivity contribution in [2.45, 2.75) is 20.4 Å². The van der Waals surface area contributed by atoms with Crippen LogP contribution in [0.25, 0.3) is 0 Å². The molecule has 0 saturated carbocycles. The molecule has 0 saturated heterocycles. The molecule has 0 bridgehead atoms. The zero-order chi connectivity index (χ0) is 14.7. The summed E-state index contributed by atoms with van der Waals surface area (Å²) >= 11 is 5.89. The lowest BCUT2D eigenvalue weighted by molar-refractivity contribution is -0.384. The van der Waals surface area contributed by atoms with Crippen LogP contribution in [0.2, 0.25) is 5.15 Å². The average molecular weight is 292 g/mol. The summed E-state index contributed by atoms with van der Waals surface area (Å²) in [6.07, 6.45) is 0. The number of benzene rings is 1. The van der Waals surface area contributed by atoms with Gasteiger partial charge in [0.15, 0.2) is 0 Å². The first-order valence-electron chi connectivity index (χ1n) is 6.09. The highest BCUT2D eigenvalue weighted by atomic mass is 35.5. The van der Waals surface area contributed by atoms with Crippen LogP contribution in [-0.2, 0) is 6.54 Å². The number of hydrogen-bond donors (Lipinski definition) is 1. The molecule has 5 nitrogen and oxygen atoms in total. The summed E-state index contributed by atoms with van der Waals surface area (Å²) in [5, 5.41) is 14.2. The molecular weight excluding hydrogens is 278 g/mol. The highest BCUT2D eigenvalue weighted by Crippen LogP contribution is 2.35. The maximum absolute atomic E-state index is 11.2. The third-order valence-corrected chi connectivity index (χ3v) is 3.37. The van der Waals surface area contributed by atoms with E-state index >= 15 is 0 Å². The van der Waals surface area contributed by atoms with Gasteiger partial charge in [-0.15, -0.1) is 0 Å². The van der Waals surface area contributed by atoms with Crippen molar-refractivity contribution in [2.24, 2.45) is 0 Å². The molecule has 1 aromatic heterocycles. The minimum absolute atomic E-state index is 0.0892. The summed E-state index contributed by atoms with van der Waals surface area (Å²) in [5.41, 5.74) is 2.70. The standard InChI is InChI=1S/C14H14ClN3O2/c1-9-10(2)17-14(15)13(18(19)20)12(9)16-8-11-6-4-3-5-7-11/h3-7H,8H2,1-2H3,(H,16,17). The van der Waals surface area contributed by atoms with Gasteiger partial charge in [-0.25, -0.2) is 4.98 Å². The smallest absolute Gasteiger partial charge is 0.329 e. The molecule has 20 heavy (non-hydrogen) atoms. The van der Waals surface area contributed by atoms with Crippen molar-refractivity contribution in [3.8, 4) is 0 Å². The van der Waals surface area contributed by atoms with Crippen molar-refractivity contribution < 1.29 is 4.92 Å². The molecule has 1 aromatic carbocycles. The van der Waals surface area contributed by atoms with Crippen molar-refractivity contribution in [1.82, 2.24) is 4.98 Å². The monoisotopic (exact) mass is 291 g/mol. The van der Waals surface area contributed by atoms with Gasteiger partial charge < -0.3 is 5.32 Å². The zero-order valence-corrected chi connectivity index (χ0v) is 11.9. The largest absolute Gasteiger partial charge is 0.375 e. The molecule has 0 amide bonds. The topological polar surface area (TPSA) is 68.1 Å². The summed E-state index contributed by atoms with van der Waals surface area (Å²) in [4.78, 5) is 14.6. The van der Waals surface area contributed by atoms with Crippen LogP contribution >= 0.6 is 11.6 Å². The van der Waals surface area contributed by atoms with E-state index in [4.69, 9.17) is 11.6 Å². The highest BCUT2D eigenvalue weighted by molar-refractivity contribution is 6.32. The SMILES string of the molecule is Cc1nc(Cl)c([N+](=O)[O-])c(NCc2ccccc2)c1C. The molecule has 0 aliphatic heterocycles. The lowest BCUT2D eigenvalue weighted by Gasteiger charge is -2.12. The number of nitrogens with zero attached hydrogens (tertiary/aromatic N) is 2. The molecule has 1 N–H and O–H groups in total. The molecule has 0 unspecified atom stereocenters. The molecular formula is C14H14ClN3O2. The van der Waals surface area contributed by atoms with Crippen LogP contribution in [0.1, 0.15) is 16.8 Å². The number of aromatic nitrogens is 1. The molecule has 0 fully saturated rings. The van der Waals surface area contributed by atoms with Gasteiger partial charge in [-0.3, -0.25) is 10.1 Å². The lowest BCUT2D eigenvalue weighted by atomic mass is 10.1. The molecule has 2 aromatic rings. The Kier molecular flexibility index (Phi) is 4.20. The van der Waals surface area contributed by atoms with Crippen LogP contribution in [-0.4, -0.2) is 9.91 Å². The van der Waals surface area contributed by atoms with Crippen LogP contribution in [0.4, 0.5) is 11.4 Å². The second-order valence-corrected chi connectivity index (χ2v) is 4.79. The van der Waals surface area contributed by atoms with Crippen LogP contribution < -0.4 is 5.32 Å². The van der Waals surface area contributed by atoms with Gasteiger partial charge in [0.1, 0.15) is 5.69 Å². The summed E-state index contributed by atoms with van der Waals surface area (Å²) in [6.45, 7) is 4.06. The van der Waals surface area contributed by atoms with E-state index in [9.17, 15) is 10.1 Å². The van der Waals surface area contributed by atoms with E-state index in [2.05, 4.69) is 10.3 Å². The quantitative estimate of drug-likeness (QED) is 0.527. The summed E-state index contributed by atoms with van der Waals surface area (Å²) < 4.78 is 0. The minimum Gasteiger partial charge on any atom is -0.375 e. The van der Waals surface area contributed by atoms with Gasteiger partial charge in [-0.05, 0) is 19.4 Å². The number of rotatable bonds is 4. The van der Waals surface area contributed by atoms with Gasteiger partial charge in [0.2, 0.25) is 5.15 Å². The number of nitrogens with one attached hydrogen (secondary N) is 1. The van der Waals surface area contributed by atoms with E-state index in [0.717, 1.165) is 11.1 Å². The first kappa shape index (κ1) is 14.3. The Labute approximate surface area is 121 Å². The third-order valence-electron chi connectivity index (χ3n) is 3.11. The summed E-state index contributed by atoms with van der Waals surface area (Å²) in [6, 6.07) is 9.66. The number of anilines is 1. The highest BCUT2D eigenvalue weighted by Gasteiger charge is 2.23. The Bertz CT molecular complexity index is 645. The Morgan fingerprint density at radius 2 is 1.95 bits per heavy atom. The summed E-state index contributed by atoms with van der Waals surface area (Å²) in [5.74, 6) is 0. The molecule has 1 heterocycles. The second kappa shape index (κ2) is 5.88. The normalized spacial score (nSPS) is 10.3. The first-order chi connectivity index (χ1) is 9.50. The van der Waals surface area contributed by atoms with E-state index < -0.39 is 4.92 Å². The van der Waals surface area contributed by atoms with Gasteiger partial charge >= 0.3 is 5.69 Å². The average Bonchev–Trinajstić information content (AvgIpc) is 2.41. The van der Waals surface area contributed by atoms with E-state index in [1.54, 1.807) is 13.8 Å². The van der Waals surface area contributed by atoms with E-state index in [1.165, 1.54) is 0 Å². The first-order valence-corrected chi connectivity index (χ1v) is 6.47. The van der Waals surface area contributed by atoms with E-state index in [0.29, 0.717) is 17.9 Å². The predicted molar refractivity (Wildman–Crippen MR) is 79.1 cm³/mol. The molecule has 6 heteroatoms. The van der Waals surface area contributed by atoms with Gasteiger partial charge in [0, 0.05) is 17.8 Å². The number of pyridine rings is 1. The number of nitro groups is 1. The molecule has 0 spiro atoms. The van der Waals surface area contributed by atoms with Crippen molar-refractivity contribution in [3.05, 3.63) is 62.4 Å². The Hall–Kier alpha value is -2.14. The van der Waals surface area contributed by atoms with Crippen LogP contribution in [0.3, 0.4) is 0 Å². The van der Waals surface area contributed by atoms with Crippen molar-refractivity contribution in [3.63, 3.8) is 0 Å². The van der Waals surface area contributed by atoms with Gasteiger partial charge in [0.25, 0.3) is 0 Å². The van der Waals surface area contributed by atoms with Crippen molar-refractivity contribution in [1.29, 1.82) is 0 Å². The number of hydrogen-bond acceptors (Lipinski definition) is 4. The van der Waals surface area contributed by atoms with Gasteiger partial charge in [0.05, 0.1) is 4.92 Å². The summed E-state index contributed by atoms with van der Waals surface area (Å²) in [7, 11) is 0. The molecule has 104 valence electrons. The van der Waals surface area contributed by atoms with E-state index in [-0.39, 0.29) is 10.8 Å². The maximum Gasteiger partial charge on any atom is 0.329 e. The molecule has 0 aliphatic carbocycles.